The molecule has 0 saturated heterocycles. The maximum Gasteiger partial charge on any atom is 0.102 e. The zero-order chi connectivity index (χ0) is 12.9. The maximum atomic E-state index is 9.26. The summed E-state index contributed by atoms with van der Waals surface area (Å²) in [6.45, 7) is 6.64. The number of anilines is 1. The van der Waals surface area contributed by atoms with E-state index in [2.05, 4.69) is 18.3 Å². The van der Waals surface area contributed by atoms with Crippen LogP contribution in [0.4, 0.5) is 5.69 Å². The van der Waals surface area contributed by atoms with Crippen LogP contribution in [0.5, 0.6) is 0 Å². The van der Waals surface area contributed by atoms with E-state index in [0.29, 0.717) is 12.1 Å². The smallest absolute Gasteiger partial charge is 0.102 e. The fourth-order valence-corrected chi connectivity index (χ4v) is 2.23. The van der Waals surface area contributed by atoms with Crippen LogP contribution in [0, 0.1) is 11.3 Å². The predicted molar refractivity (Wildman–Crippen MR) is 74.3 cm³/mol. The highest BCUT2D eigenvalue weighted by molar-refractivity contribution is 7.99. The van der Waals surface area contributed by atoms with E-state index in [9.17, 15) is 5.26 Å². The van der Waals surface area contributed by atoms with Gasteiger partial charge in [-0.15, -0.1) is 11.8 Å². The first-order valence-corrected chi connectivity index (χ1v) is 6.66. The first-order chi connectivity index (χ1) is 8.04. The molecule has 0 unspecified atom stereocenters. The fourth-order valence-electron chi connectivity index (χ4n) is 1.44. The van der Waals surface area contributed by atoms with Gasteiger partial charge >= 0.3 is 0 Å². The molecule has 3 N–H and O–H groups in total. The summed E-state index contributed by atoms with van der Waals surface area (Å²) in [5.41, 5.74) is 7.06. The Balaban J connectivity index is 3.08. The standard InChI is InChI=1S/C13H19N3S/c1-4-17-12-7-5-6-11(10(12)8-14)16-13(2,3)9-15/h5-7,16H,4,9,15H2,1-3H3. The van der Waals surface area contributed by atoms with E-state index in [-0.39, 0.29) is 5.54 Å². The van der Waals surface area contributed by atoms with Gasteiger partial charge in [0, 0.05) is 17.0 Å². The van der Waals surface area contributed by atoms with E-state index < -0.39 is 0 Å². The van der Waals surface area contributed by atoms with Gasteiger partial charge in [0.25, 0.3) is 0 Å². The summed E-state index contributed by atoms with van der Waals surface area (Å²) < 4.78 is 0. The highest BCUT2D eigenvalue weighted by atomic mass is 32.2. The highest BCUT2D eigenvalue weighted by Gasteiger charge is 2.17. The third kappa shape index (κ3) is 3.65. The van der Waals surface area contributed by atoms with Gasteiger partial charge in [-0.05, 0) is 31.7 Å². The molecule has 0 aliphatic rings. The molecule has 4 heteroatoms. The molecule has 0 spiro atoms. The number of hydrogen-bond donors (Lipinski definition) is 2. The van der Waals surface area contributed by atoms with E-state index in [1.54, 1.807) is 11.8 Å². The van der Waals surface area contributed by atoms with Gasteiger partial charge in [0.2, 0.25) is 0 Å². The number of hydrogen-bond acceptors (Lipinski definition) is 4. The second kappa shape index (κ2) is 5.95. The number of nitrogens with zero attached hydrogens (tertiary/aromatic N) is 1. The molecular weight excluding hydrogens is 230 g/mol. The van der Waals surface area contributed by atoms with Crippen LogP contribution in [0.2, 0.25) is 0 Å². The zero-order valence-corrected chi connectivity index (χ0v) is 11.4. The van der Waals surface area contributed by atoms with Gasteiger partial charge in [0.05, 0.1) is 11.3 Å². The second-order valence-corrected chi connectivity index (χ2v) is 5.74. The lowest BCUT2D eigenvalue weighted by Gasteiger charge is -2.26. The molecule has 0 radical (unpaired) electrons. The normalized spacial score (nSPS) is 11.0. The average molecular weight is 249 g/mol. The van der Waals surface area contributed by atoms with E-state index in [4.69, 9.17) is 5.73 Å². The topological polar surface area (TPSA) is 61.8 Å². The number of nitriles is 1. The number of nitrogens with two attached hydrogens (primary N) is 1. The van der Waals surface area contributed by atoms with Crippen molar-refractivity contribution >= 4 is 17.4 Å². The molecule has 17 heavy (non-hydrogen) atoms. The average Bonchev–Trinajstić information content (AvgIpc) is 2.29. The molecule has 0 aromatic heterocycles. The lowest BCUT2D eigenvalue weighted by atomic mass is 10.0. The molecule has 0 bridgehead atoms. The summed E-state index contributed by atoms with van der Waals surface area (Å²) in [4.78, 5) is 1.02. The molecule has 0 heterocycles. The van der Waals surface area contributed by atoms with Gasteiger partial charge in [-0.2, -0.15) is 5.26 Å². The monoisotopic (exact) mass is 249 g/mol. The van der Waals surface area contributed by atoms with E-state index >= 15 is 0 Å². The van der Waals surface area contributed by atoms with Crippen LogP contribution in [0.25, 0.3) is 0 Å². The molecule has 0 aliphatic heterocycles. The minimum Gasteiger partial charge on any atom is -0.378 e. The van der Waals surface area contributed by atoms with Gasteiger partial charge < -0.3 is 11.1 Å². The molecule has 0 atom stereocenters. The fraction of sp³-hybridized carbons (Fsp3) is 0.462. The van der Waals surface area contributed by atoms with Crippen LogP contribution in [0.3, 0.4) is 0 Å². The van der Waals surface area contributed by atoms with Crippen molar-refractivity contribution in [3.8, 4) is 6.07 Å². The van der Waals surface area contributed by atoms with Gasteiger partial charge in [-0.1, -0.05) is 13.0 Å². The van der Waals surface area contributed by atoms with Crippen molar-refractivity contribution in [2.75, 3.05) is 17.6 Å². The summed E-state index contributed by atoms with van der Waals surface area (Å²) >= 11 is 1.68. The van der Waals surface area contributed by atoms with Gasteiger partial charge in [0.15, 0.2) is 0 Å². The third-order valence-electron chi connectivity index (χ3n) is 2.42. The van der Waals surface area contributed by atoms with Crippen molar-refractivity contribution in [3.63, 3.8) is 0 Å². The zero-order valence-electron chi connectivity index (χ0n) is 10.6. The molecule has 0 saturated carbocycles. The Morgan fingerprint density at radius 3 is 2.71 bits per heavy atom. The SMILES string of the molecule is CCSc1cccc(NC(C)(C)CN)c1C#N. The molecule has 3 nitrogen and oxygen atoms in total. The van der Waals surface area contributed by atoms with Gasteiger partial charge in [0.1, 0.15) is 6.07 Å². The van der Waals surface area contributed by atoms with Gasteiger partial charge in [-0.25, -0.2) is 0 Å². The molecule has 92 valence electrons. The highest BCUT2D eigenvalue weighted by Crippen LogP contribution is 2.29. The van der Waals surface area contributed by atoms with Crippen molar-refractivity contribution in [2.45, 2.75) is 31.2 Å². The lowest BCUT2D eigenvalue weighted by Crippen LogP contribution is -2.39. The maximum absolute atomic E-state index is 9.26. The first kappa shape index (κ1) is 13.9. The van der Waals surface area contributed by atoms with E-state index in [1.807, 2.05) is 32.0 Å². The Hall–Kier alpha value is -1.18. The van der Waals surface area contributed by atoms with Crippen LogP contribution in [-0.2, 0) is 0 Å². The third-order valence-corrected chi connectivity index (χ3v) is 3.36. The molecule has 0 fully saturated rings. The van der Waals surface area contributed by atoms with Crippen molar-refractivity contribution in [1.82, 2.24) is 0 Å². The van der Waals surface area contributed by atoms with Crippen LogP contribution in [0.15, 0.2) is 23.1 Å². The Labute approximate surface area is 107 Å². The van der Waals surface area contributed by atoms with Crippen LogP contribution in [0.1, 0.15) is 26.3 Å². The summed E-state index contributed by atoms with van der Waals surface area (Å²) in [6.07, 6.45) is 0. The van der Waals surface area contributed by atoms with E-state index in [1.165, 1.54) is 0 Å². The first-order valence-electron chi connectivity index (χ1n) is 5.68. The molecule has 1 aromatic rings. The summed E-state index contributed by atoms with van der Waals surface area (Å²) in [6, 6.07) is 8.14. The largest absolute Gasteiger partial charge is 0.378 e. The van der Waals surface area contributed by atoms with Crippen molar-refractivity contribution in [3.05, 3.63) is 23.8 Å². The lowest BCUT2D eigenvalue weighted by molar-refractivity contribution is 0.580. The quantitative estimate of drug-likeness (QED) is 0.788. The summed E-state index contributed by atoms with van der Waals surface area (Å²) in [5, 5.41) is 12.6. The van der Waals surface area contributed by atoms with E-state index in [0.717, 1.165) is 16.3 Å². The van der Waals surface area contributed by atoms with Crippen molar-refractivity contribution in [1.29, 1.82) is 5.26 Å². The molecule has 1 aromatic carbocycles. The Bertz CT molecular complexity index is 421. The number of thioether (sulfide) groups is 1. The number of benzene rings is 1. The van der Waals surface area contributed by atoms with Crippen LogP contribution in [-0.4, -0.2) is 17.8 Å². The second-order valence-electron chi connectivity index (χ2n) is 4.44. The minimum absolute atomic E-state index is 0.207. The molecule has 0 amide bonds. The van der Waals surface area contributed by atoms with Crippen LogP contribution < -0.4 is 11.1 Å². The Morgan fingerprint density at radius 2 is 2.18 bits per heavy atom. The molecular formula is C13H19N3S. The van der Waals surface area contributed by atoms with Gasteiger partial charge in [-0.3, -0.25) is 0 Å². The Morgan fingerprint density at radius 1 is 1.47 bits per heavy atom. The summed E-state index contributed by atoms with van der Waals surface area (Å²) in [5.74, 6) is 0.957. The van der Waals surface area contributed by atoms with Crippen molar-refractivity contribution < 1.29 is 0 Å². The Kier molecular flexibility index (Phi) is 4.86. The van der Waals surface area contributed by atoms with Crippen molar-refractivity contribution in [2.24, 2.45) is 5.73 Å². The predicted octanol–water partition coefficient (Wildman–Crippen LogP) is 2.82. The number of nitrogens with one attached hydrogen (secondary N) is 1. The molecule has 0 aliphatic carbocycles. The molecule has 1 rings (SSSR count). The summed E-state index contributed by atoms with van der Waals surface area (Å²) in [7, 11) is 0. The minimum atomic E-state index is -0.207. The van der Waals surface area contributed by atoms with Crippen LogP contribution >= 0.6 is 11.8 Å². The number of rotatable bonds is 5.